The fourth-order valence-electron chi connectivity index (χ4n) is 0.280. The number of hydrogen-bond acceptors (Lipinski definition) is 3. The Kier molecular flexibility index (Phi) is 4.37. The summed E-state index contributed by atoms with van der Waals surface area (Å²) in [6, 6.07) is 0. The molecule has 0 N–H and O–H groups in total. The molecule has 3 nitrogen and oxygen atoms in total. The summed E-state index contributed by atoms with van der Waals surface area (Å²) in [6.07, 6.45) is 1.59. The molecule has 0 saturated heterocycles. The van der Waals surface area contributed by atoms with Crippen LogP contribution in [0.2, 0.25) is 0 Å². The molecule has 0 aliphatic heterocycles. The summed E-state index contributed by atoms with van der Waals surface area (Å²) in [5.74, 6) is 0. The summed E-state index contributed by atoms with van der Waals surface area (Å²) in [5.41, 5.74) is 1.00. The van der Waals surface area contributed by atoms with E-state index < -0.39 is 6.16 Å². The Morgan fingerprint density at radius 1 is 1.60 bits per heavy atom. The molecule has 0 heterocycles. The molecule has 0 aromatic rings. The minimum absolute atomic E-state index is 0.673. The van der Waals surface area contributed by atoms with Crippen LogP contribution in [0.15, 0.2) is 11.8 Å². The highest BCUT2D eigenvalue weighted by Crippen LogP contribution is 1.98. The Bertz CT molecular complexity index is 138. The Morgan fingerprint density at radius 3 is 2.60 bits per heavy atom. The van der Waals surface area contributed by atoms with Gasteiger partial charge in [-0.3, -0.25) is 0 Å². The molecule has 0 atom stereocenters. The van der Waals surface area contributed by atoms with E-state index in [0.717, 1.165) is 12.0 Å². The summed E-state index contributed by atoms with van der Waals surface area (Å²) in [4.78, 5) is 10.3. The van der Waals surface area contributed by atoms with Gasteiger partial charge in [-0.2, -0.15) is 0 Å². The molecule has 0 aromatic heterocycles. The molecule has 10 heavy (non-hydrogen) atoms. The fraction of sp³-hybridized carbons (Fsp3) is 0.571. The first-order valence-electron chi connectivity index (χ1n) is 3.11. The summed E-state index contributed by atoms with van der Waals surface area (Å²) in [6.45, 7) is 3.86. The fourth-order valence-corrected chi connectivity index (χ4v) is 0.280. The predicted molar refractivity (Wildman–Crippen MR) is 37.5 cm³/mol. The molecule has 0 aliphatic carbocycles. The average molecular weight is 144 g/mol. The van der Waals surface area contributed by atoms with Crippen LogP contribution in [0.5, 0.6) is 0 Å². The molecule has 0 fully saturated rings. The van der Waals surface area contributed by atoms with Gasteiger partial charge in [-0.1, -0.05) is 6.92 Å². The molecule has 0 amide bonds. The second-order valence-electron chi connectivity index (χ2n) is 1.89. The highest BCUT2D eigenvalue weighted by molar-refractivity contribution is 5.60. The number of hydrogen-bond donors (Lipinski definition) is 0. The lowest BCUT2D eigenvalue weighted by atomic mass is 10.3. The molecule has 3 heteroatoms. The van der Waals surface area contributed by atoms with E-state index in [9.17, 15) is 4.79 Å². The highest BCUT2D eigenvalue weighted by Gasteiger charge is 1.95. The van der Waals surface area contributed by atoms with Gasteiger partial charge < -0.3 is 9.47 Å². The third-order valence-electron chi connectivity index (χ3n) is 1.08. The normalized spacial score (nSPS) is 10.9. The van der Waals surface area contributed by atoms with Crippen LogP contribution in [0.1, 0.15) is 20.3 Å². The van der Waals surface area contributed by atoms with Crippen LogP contribution in [0.3, 0.4) is 0 Å². The maximum Gasteiger partial charge on any atom is 0.512 e. The zero-order valence-corrected chi connectivity index (χ0v) is 6.51. The maximum atomic E-state index is 10.3. The molecule has 0 unspecified atom stereocenters. The first-order chi connectivity index (χ1) is 4.70. The maximum absolute atomic E-state index is 10.3. The molecule has 0 radical (unpaired) electrons. The SMILES string of the molecule is CCC(C)=COC(=O)OC. The van der Waals surface area contributed by atoms with Crippen molar-refractivity contribution in [2.45, 2.75) is 20.3 Å². The van der Waals surface area contributed by atoms with Crippen molar-refractivity contribution in [3.05, 3.63) is 11.8 Å². The lowest BCUT2D eigenvalue weighted by Crippen LogP contribution is -1.98. The lowest BCUT2D eigenvalue weighted by Gasteiger charge is -1.96. The van der Waals surface area contributed by atoms with Crippen LogP contribution >= 0.6 is 0 Å². The van der Waals surface area contributed by atoms with Crippen LogP contribution in [0, 0.1) is 0 Å². The zero-order valence-electron chi connectivity index (χ0n) is 6.51. The number of rotatable bonds is 2. The molecule has 0 aromatic carbocycles. The number of allylic oxidation sites excluding steroid dienone is 1. The van der Waals surface area contributed by atoms with E-state index in [4.69, 9.17) is 0 Å². The zero-order chi connectivity index (χ0) is 7.98. The number of methoxy groups -OCH3 is 1. The third-order valence-corrected chi connectivity index (χ3v) is 1.08. The molecule has 0 bridgehead atoms. The Balaban J connectivity index is 3.61. The van der Waals surface area contributed by atoms with E-state index in [1.807, 2.05) is 13.8 Å². The minimum atomic E-state index is -0.673. The van der Waals surface area contributed by atoms with Crippen LogP contribution in [-0.4, -0.2) is 13.3 Å². The molecule has 0 rings (SSSR count). The van der Waals surface area contributed by atoms with Gasteiger partial charge in [-0.05, 0) is 18.9 Å². The minimum Gasteiger partial charge on any atom is -0.437 e. The summed E-state index contributed by atoms with van der Waals surface area (Å²) < 4.78 is 8.76. The smallest absolute Gasteiger partial charge is 0.437 e. The van der Waals surface area contributed by atoms with Gasteiger partial charge in [0.15, 0.2) is 0 Å². The van der Waals surface area contributed by atoms with Gasteiger partial charge in [0.1, 0.15) is 0 Å². The summed E-state index contributed by atoms with van der Waals surface area (Å²) in [7, 11) is 1.28. The Morgan fingerprint density at radius 2 is 2.20 bits per heavy atom. The highest BCUT2D eigenvalue weighted by atomic mass is 16.7. The van der Waals surface area contributed by atoms with E-state index in [-0.39, 0.29) is 0 Å². The first-order valence-corrected chi connectivity index (χ1v) is 3.11. The molecule has 0 saturated carbocycles. The lowest BCUT2D eigenvalue weighted by molar-refractivity contribution is 0.105. The Labute approximate surface area is 60.6 Å². The second-order valence-corrected chi connectivity index (χ2v) is 1.89. The van der Waals surface area contributed by atoms with Crippen molar-refractivity contribution in [3.8, 4) is 0 Å². The number of ether oxygens (including phenoxy) is 2. The van der Waals surface area contributed by atoms with E-state index in [0.29, 0.717) is 0 Å². The van der Waals surface area contributed by atoms with Gasteiger partial charge in [0, 0.05) is 0 Å². The second kappa shape index (κ2) is 4.85. The summed E-state index contributed by atoms with van der Waals surface area (Å²) in [5, 5.41) is 0. The van der Waals surface area contributed by atoms with Crippen molar-refractivity contribution in [1.82, 2.24) is 0 Å². The van der Waals surface area contributed by atoms with E-state index in [2.05, 4.69) is 9.47 Å². The van der Waals surface area contributed by atoms with Gasteiger partial charge in [-0.25, -0.2) is 4.79 Å². The largest absolute Gasteiger partial charge is 0.512 e. The van der Waals surface area contributed by atoms with Crippen molar-refractivity contribution in [1.29, 1.82) is 0 Å². The summed E-state index contributed by atoms with van der Waals surface area (Å²) >= 11 is 0. The average Bonchev–Trinajstić information content (AvgIpc) is 1.99. The Hall–Kier alpha value is -0.990. The molecule has 0 spiro atoms. The standard InChI is InChI=1S/C7H12O3/c1-4-6(2)5-10-7(8)9-3/h5H,4H2,1-3H3. The quantitative estimate of drug-likeness (QED) is 0.439. The molecular weight excluding hydrogens is 132 g/mol. The van der Waals surface area contributed by atoms with Crippen molar-refractivity contribution in [2.75, 3.05) is 7.11 Å². The van der Waals surface area contributed by atoms with Crippen molar-refractivity contribution in [2.24, 2.45) is 0 Å². The van der Waals surface area contributed by atoms with Crippen molar-refractivity contribution < 1.29 is 14.3 Å². The van der Waals surface area contributed by atoms with Crippen LogP contribution in [0.4, 0.5) is 4.79 Å². The number of carbonyl (C=O) groups excluding carboxylic acids is 1. The first kappa shape index (κ1) is 9.01. The van der Waals surface area contributed by atoms with E-state index in [1.165, 1.54) is 13.4 Å². The van der Waals surface area contributed by atoms with Gasteiger partial charge in [0.25, 0.3) is 0 Å². The van der Waals surface area contributed by atoms with Crippen LogP contribution in [0.25, 0.3) is 0 Å². The molecule has 0 aliphatic rings. The van der Waals surface area contributed by atoms with Crippen molar-refractivity contribution in [3.63, 3.8) is 0 Å². The molecule has 58 valence electrons. The van der Waals surface area contributed by atoms with E-state index in [1.54, 1.807) is 0 Å². The topological polar surface area (TPSA) is 35.5 Å². The third kappa shape index (κ3) is 3.95. The van der Waals surface area contributed by atoms with E-state index >= 15 is 0 Å². The van der Waals surface area contributed by atoms with Crippen LogP contribution in [-0.2, 0) is 9.47 Å². The van der Waals surface area contributed by atoms with Crippen LogP contribution < -0.4 is 0 Å². The van der Waals surface area contributed by atoms with Gasteiger partial charge in [0.05, 0.1) is 13.4 Å². The predicted octanol–water partition coefficient (Wildman–Crippen LogP) is 2.08. The molecular formula is C7H12O3. The van der Waals surface area contributed by atoms with Gasteiger partial charge in [-0.15, -0.1) is 0 Å². The number of carbonyl (C=O) groups is 1. The van der Waals surface area contributed by atoms with Gasteiger partial charge in [0.2, 0.25) is 0 Å². The van der Waals surface area contributed by atoms with Crippen molar-refractivity contribution >= 4 is 6.16 Å². The van der Waals surface area contributed by atoms with Gasteiger partial charge >= 0.3 is 6.16 Å². The monoisotopic (exact) mass is 144 g/mol.